The van der Waals surface area contributed by atoms with Crippen molar-refractivity contribution in [1.82, 2.24) is 20.0 Å². The van der Waals surface area contributed by atoms with E-state index in [4.69, 9.17) is 9.15 Å². The number of benzene rings is 1. The maximum Gasteiger partial charge on any atom is 0.322 e. The van der Waals surface area contributed by atoms with Gasteiger partial charge in [-0.2, -0.15) is 5.10 Å². The van der Waals surface area contributed by atoms with Crippen molar-refractivity contribution in [2.24, 2.45) is 0 Å². The molecule has 0 radical (unpaired) electrons. The van der Waals surface area contributed by atoms with E-state index in [1.54, 1.807) is 30.1 Å². The van der Waals surface area contributed by atoms with Crippen LogP contribution in [0.15, 0.2) is 40.9 Å². The first-order valence-electron chi connectivity index (χ1n) is 7.41. The molecule has 0 saturated heterocycles. The summed E-state index contributed by atoms with van der Waals surface area (Å²) >= 11 is 0. The van der Waals surface area contributed by atoms with Crippen LogP contribution >= 0.6 is 0 Å². The maximum absolute atomic E-state index is 12.2. The molecule has 2 aromatic heterocycles. The Morgan fingerprint density at radius 1 is 1.29 bits per heavy atom. The van der Waals surface area contributed by atoms with E-state index in [1.807, 2.05) is 32.0 Å². The summed E-state index contributed by atoms with van der Waals surface area (Å²) in [6.07, 6.45) is 1.75. The second-order valence-corrected chi connectivity index (χ2v) is 5.37. The van der Waals surface area contributed by atoms with Crippen LogP contribution in [0.5, 0.6) is 5.75 Å². The molecule has 0 spiro atoms. The molecule has 0 aliphatic carbocycles. The fraction of sp³-hybridized carbons (Fsp3) is 0.250. The highest BCUT2D eigenvalue weighted by Gasteiger charge is 2.15. The van der Waals surface area contributed by atoms with Crippen LogP contribution in [0, 0.1) is 0 Å². The molecule has 1 aromatic carbocycles. The monoisotopic (exact) mass is 327 g/mol. The standard InChI is InChI=1S/C16H17N5O3/c1-10(2)21-8-7-13(20-21)14(22)17-16-19-18-15(24-16)11-5-4-6-12(9-11)23-3/h4-10H,1-3H3,(H,17,19,22). The number of nitrogens with one attached hydrogen (secondary N) is 1. The van der Waals surface area contributed by atoms with Crippen LogP contribution in [0.2, 0.25) is 0 Å². The van der Waals surface area contributed by atoms with E-state index in [-0.39, 0.29) is 23.6 Å². The van der Waals surface area contributed by atoms with E-state index in [2.05, 4.69) is 20.6 Å². The first kappa shape index (κ1) is 15.7. The number of hydrogen-bond acceptors (Lipinski definition) is 6. The molecule has 0 aliphatic rings. The first-order chi connectivity index (χ1) is 11.6. The number of rotatable bonds is 5. The summed E-state index contributed by atoms with van der Waals surface area (Å²) in [5, 5.41) is 14.5. The molecule has 0 atom stereocenters. The number of nitrogens with zero attached hydrogens (tertiary/aromatic N) is 4. The van der Waals surface area contributed by atoms with Gasteiger partial charge in [-0.1, -0.05) is 11.2 Å². The van der Waals surface area contributed by atoms with Crippen molar-refractivity contribution in [2.75, 3.05) is 12.4 Å². The zero-order valence-electron chi connectivity index (χ0n) is 13.6. The van der Waals surface area contributed by atoms with Gasteiger partial charge in [0.2, 0.25) is 5.89 Å². The molecule has 0 unspecified atom stereocenters. The second-order valence-electron chi connectivity index (χ2n) is 5.37. The lowest BCUT2D eigenvalue weighted by Gasteiger charge is -2.03. The highest BCUT2D eigenvalue weighted by molar-refractivity contribution is 6.01. The number of hydrogen-bond donors (Lipinski definition) is 1. The molecular formula is C16H17N5O3. The van der Waals surface area contributed by atoms with E-state index in [9.17, 15) is 4.79 Å². The predicted octanol–water partition coefficient (Wildman–Crippen LogP) is 2.77. The third kappa shape index (κ3) is 3.27. The molecule has 0 aliphatic heterocycles. The molecule has 1 amide bonds. The zero-order valence-corrected chi connectivity index (χ0v) is 13.6. The summed E-state index contributed by atoms with van der Waals surface area (Å²) in [5.41, 5.74) is 0.983. The predicted molar refractivity (Wildman–Crippen MR) is 86.9 cm³/mol. The van der Waals surface area contributed by atoms with Gasteiger partial charge in [0.25, 0.3) is 5.91 Å². The quantitative estimate of drug-likeness (QED) is 0.774. The normalized spacial score (nSPS) is 10.8. The van der Waals surface area contributed by atoms with Crippen molar-refractivity contribution in [3.63, 3.8) is 0 Å². The third-order valence-electron chi connectivity index (χ3n) is 3.33. The number of amides is 1. The molecule has 8 heteroatoms. The number of carbonyl (C=O) groups excluding carboxylic acids is 1. The van der Waals surface area contributed by atoms with Gasteiger partial charge in [0, 0.05) is 17.8 Å². The molecule has 1 N–H and O–H groups in total. The van der Waals surface area contributed by atoms with E-state index < -0.39 is 5.91 Å². The molecule has 2 heterocycles. The summed E-state index contributed by atoms with van der Waals surface area (Å²) in [6.45, 7) is 3.96. The average Bonchev–Trinajstić information content (AvgIpc) is 3.24. The Bertz CT molecular complexity index is 853. The van der Waals surface area contributed by atoms with Gasteiger partial charge < -0.3 is 9.15 Å². The fourth-order valence-corrected chi connectivity index (χ4v) is 2.05. The Morgan fingerprint density at radius 2 is 2.12 bits per heavy atom. The molecule has 24 heavy (non-hydrogen) atoms. The van der Waals surface area contributed by atoms with Gasteiger partial charge in [-0.3, -0.25) is 14.8 Å². The number of methoxy groups -OCH3 is 1. The second kappa shape index (κ2) is 6.53. The largest absolute Gasteiger partial charge is 0.497 e. The van der Waals surface area contributed by atoms with Crippen molar-refractivity contribution < 1.29 is 13.9 Å². The van der Waals surface area contributed by atoms with Crippen LogP contribution in [0.3, 0.4) is 0 Å². The smallest absolute Gasteiger partial charge is 0.322 e. The topological polar surface area (TPSA) is 95.1 Å². The highest BCUT2D eigenvalue weighted by atomic mass is 16.5. The lowest BCUT2D eigenvalue weighted by atomic mass is 10.2. The van der Waals surface area contributed by atoms with Crippen LogP contribution in [-0.2, 0) is 0 Å². The Labute approximate surface area is 138 Å². The Kier molecular flexibility index (Phi) is 4.28. The van der Waals surface area contributed by atoms with E-state index in [0.29, 0.717) is 11.3 Å². The van der Waals surface area contributed by atoms with Crippen molar-refractivity contribution in [3.05, 3.63) is 42.2 Å². The molecule has 0 bridgehead atoms. The van der Waals surface area contributed by atoms with E-state index in [1.165, 1.54) is 0 Å². The van der Waals surface area contributed by atoms with Gasteiger partial charge >= 0.3 is 6.01 Å². The van der Waals surface area contributed by atoms with Gasteiger partial charge in [-0.05, 0) is 38.1 Å². The minimum absolute atomic E-state index is 0.0110. The molecule has 0 saturated carbocycles. The van der Waals surface area contributed by atoms with Crippen LogP contribution in [-0.4, -0.2) is 33.0 Å². The minimum Gasteiger partial charge on any atom is -0.497 e. The maximum atomic E-state index is 12.2. The molecule has 3 aromatic rings. The summed E-state index contributed by atoms with van der Waals surface area (Å²) in [6, 6.07) is 9.03. The minimum atomic E-state index is -0.407. The lowest BCUT2D eigenvalue weighted by Crippen LogP contribution is -2.14. The highest BCUT2D eigenvalue weighted by Crippen LogP contribution is 2.23. The van der Waals surface area contributed by atoms with Crippen LogP contribution in [0.1, 0.15) is 30.4 Å². The molecule has 0 fully saturated rings. The van der Waals surface area contributed by atoms with Crippen LogP contribution < -0.4 is 10.1 Å². The van der Waals surface area contributed by atoms with Crippen molar-refractivity contribution in [1.29, 1.82) is 0 Å². The average molecular weight is 327 g/mol. The van der Waals surface area contributed by atoms with E-state index in [0.717, 1.165) is 0 Å². The third-order valence-corrected chi connectivity index (χ3v) is 3.33. The Morgan fingerprint density at radius 3 is 2.83 bits per heavy atom. The molecule has 3 rings (SSSR count). The molecular weight excluding hydrogens is 310 g/mol. The van der Waals surface area contributed by atoms with Gasteiger partial charge in [0.1, 0.15) is 5.75 Å². The van der Waals surface area contributed by atoms with Crippen molar-refractivity contribution in [3.8, 4) is 17.2 Å². The molecule has 8 nitrogen and oxygen atoms in total. The fourth-order valence-electron chi connectivity index (χ4n) is 2.05. The summed E-state index contributed by atoms with van der Waals surface area (Å²) in [7, 11) is 1.58. The van der Waals surface area contributed by atoms with Crippen LogP contribution in [0.4, 0.5) is 6.01 Å². The number of carbonyl (C=O) groups is 1. The number of aromatic nitrogens is 4. The first-order valence-corrected chi connectivity index (χ1v) is 7.41. The summed E-state index contributed by atoms with van der Waals surface area (Å²) in [5.74, 6) is 0.558. The Balaban J connectivity index is 1.74. The van der Waals surface area contributed by atoms with Crippen molar-refractivity contribution >= 4 is 11.9 Å². The van der Waals surface area contributed by atoms with Gasteiger partial charge in [0.05, 0.1) is 7.11 Å². The number of anilines is 1. The lowest BCUT2D eigenvalue weighted by molar-refractivity contribution is 0.101. The summed E-state index contributed by atoms with van der Waals surface area (Å²) < 4.78 is 12.3. The summed E-state index contributed by atoms with van der Waals surface area (Å²) in [4.78, 5) is 12.2. The van der Waals surface area contributed by atoms with E-state index >= 15 is 0 Å². The van der Waals surface area contributed by atoms with Crippen LogP contribution in [0.25, 0.3) is 11.5 Å². The molecule has 124 valence electrons. The van der Waals surface area contributed by atoms with Crippen molar-refractivity contribution in [2.45, 2.75) is 19.9 Å². The Hall–Kier alpha value is -3.16. The van der Waals surface area contributed by atoms with Gasteiger partial charge in [0.15, 0.2) is 5.69 Å². The van der Waals surface area contributed by atoms with Gasteiger partial charge in [-0.25, -0.2) is 0 Å². The number of ether oxygens (including phenoxy) is 1. The SMILES string of the molecule is COc1cccc(-c2nnc(NC(=O)c3ccn(C(C)C)n3)o2)c1. The zero-order chi connectivity index (χ0) is 17.1. The van der Waals surface area contributed by atoms with Gasteiger partial charge in [-0.15, -0.1) is 5.10 Å².